The van der Waals surface area contributed by atoms with Gasteiger partial charge in [-0.05, 0) is 47.9 Å². The van der Waals surface area contributed by atoms with Crippen molar-refractivity contribution in [1.82, 2.24) is 0 Å². The lowest BCUT2D eigenvalue weighted by atomic mass is 9.83. The molecule has 0 amide bonds. The van der Waals surface area contributed by atoms with Crippen molar-refractivity contribution in [3.8, 4) is 0 Å². The molecule has 0 bridgehead atoms. The topological polar surface area (TPSA) is 46.7 Å². The Bertz CT molecular complexity index is 970. The fourth-order valence-electron chi connectivity index (χ4n) is 3.31. The first-order valence-electron chi connectivity index (χ1n) is 8.69. The summed E-state index contributed by atoms with van der Waals surface area (Å²) >= 11 is 9.66. The number of halogens is 2. The molecule has 1 unspecified atom stereocenters. The molecule has 0 radical (unpaired) electrons. The number of aryl methyl sites for hydroxylation is 2. The maximum atomic E-state index is 9.72. The minimum atomic E-state index is 0.0470. The summed E-state index contributed by atoms with van der Waals surface area (Å²) < 4.78 is 1.03. The molecule has 0 aliphatic heterocycles. The Labute approximate surface area is 172 Å². The maximum Gasteiger partial charge on any atom is 0.177 e. The van der Waals surface area contributed by atoms with Crippen LogP contribution < -0.4 is 4.98 Å². The van der Waals surface area contributed by atoms with Crippen LogP contribution in [0.1, 0.15) is 40.3 Å². The normalized spacial score (nSPS) is 12.8. The molecule has 3 rings (SSSR count). The van der Waals surface area contributed by atoms with E-state index >= 15 is 0 Å². The number of pyridine rings is 1. The zero-order valence-corrected chi connectivity index (χ0v) is 17.6. The van der Waals surface area contributed by atoms with E-state index in [0.29, 0.717) is 12.1 Å². The van der Waals surface area contributed by atoms with Gasteiger partial charge in [0.05, 0.1) is 5.71 Å². The lowest BCUT2D eigenvalue weighted by Crippen LogP contribution is -2.14. The predicted octanol–water partition coefficient (Wildman–Crippen LogP) is 5.93. The SMILES string of the molecule is Cc1cc(/C(CC(c2ccc(Br)cc2)c2ccc(Cl)cc2C)=N/O)cc[nH+]1. The number of rotatable bonds is 5. The van der Waals surface area contributed by atoms with E-state index in [9.17, 15) is 5.21 Å². The van der Waals surface area contributed by atoms with E-state index in [1.807, 2.05) is 49.5 Å². The van der Waals surface area contributed by atoms with Crippen LogP contribution in [0.5, 0.6) is 0 Å². The molecule has 0 aliphatic carbocycles. The van der Waals surface area contributed by atoms with Crippen LogP contribution in [0.3, 0.4) is 0 Å². The Balaban J connectivity index is 2.05. The average molecular weight is 445 g/mol. The number of benzene rings is 2. The summed E-state index contributed by atoms with van der Waals surface area (Å²) in [6, 6.07) is 18.1. The zero-order valence-electron chi connectivity index (χ0n) is 15.2. The fourth-order valence-corrected chi connectivity index (χ4v) is 3.80. The molecule has 3 aromatic rings. The second kappa shape index (κ2) is 8.68. The van der Waals surface area contributed by atoms with Crippen molar-refractivity contribution in [3.05, 3.63) is 98.2 Å². The van der Waals surface area contributed by atoms with Crippen molar-refractivity contribution in [2.45, 2.75) is 26.2 Å². The average Bonchev–Trinajstić information content (AvgIpc) is 2.64. The minimum absolute atomic E-state index is 0.0470. The molecule has 0 spiro atoms. The first-order valence-corrected chi connectivity index (χ1v) is 9.86. The van der Waals surface area contributed by atoms with Gasteiger partial charge in [0.2, 0.25) is 0 Å². The van der Waals surface area contributed by atoms with E-state index in [-0.39, 0.29) is 5.92 Å². The van der Waals surface area contributed by atoms with Gasteiger partial charge in [-0.3, -0.25) is 0 Å². The quantitative estimate of drug-likeness (QED) is 0.296. The summed E-state index contributed by atoms with van der Waals surface area (Å²) in [7, 11) is 0. The van der Waals surface area contributed by atoms with Crippen LogP contribution in [-0.4, -0.2) is 10.9 Å². The molecule has 1 aromatic heterocycles. The highest BCUT2D eigenvalue weighted by Gasteiger charge is 2.21. The highest BCUT2D eigenvalue weighted by molar-refractivity contribution is 9.10. The van der Waals surface area contributed by atoms with Crippen LogP contribution in [0.25, 0.3) is 0 Å². The van der Waals surface area contributed by atoms with Gasteiger partial charge in [-0.15, -0.1) is 0 Å². The smallest absolute Gasteiger partial charge is 0.177 e. The number of H-pyrrole nitrogens is 1. The van der Waals surface area contributed by atoms with Crippen LogP contribution in [0.4, 0.5) is 0 Å². The number of nitrogens with zero attached hydrogens (tertiary/aromatic N) is 1. The van der Waals surface area contributed by atoms with E-state index in [0.717, 1.165) is 31.9 Å². The van der Waals surface area contributed by atoms with Gasteiger partial charge in [-0.2, -0.15) is 0 Å². The number of hydrogen-bond acceptors (Lipinski definition) is 2. The molecule has 27 heavy (non-hydrogen) atoms. The lowest BCUT2D eigenvalue weighted by molar-refractivity contribution is -0.387. The molecule has 3 nitrogen and oxygen atoms in total. The molecular weight excluding hydrogens is 424 g/mol. The van der Waals surface area contributed by atoms with Crippen molar-refractivity contribution in [3.63, 3.8) is 0 Å². The molecule has 1 heterocycles. The number of aromatic amines is 1. The van der Waals surface area contributed by atoms with Crippen molar-refractivity contribution in [1.29, 1.82) is 0 Å². The van der Waals surface area contributed by atoms with Gasteiger partial charge in [0.25, 0.3) is 0 Å². The Morgan fingerprint density at radius 1 is 1.11 bits per heavy atom. The second-order valence-electron chi connectivity index (χ2n) is 6.62. The molecule has 0 fully saturated rings. The lowest BCUT2D eigenvalue weighted by Gasteiger charge is -2.21. The standard InChI is InChI=1S/C22H20BrClN2O/c1-14-11-19(24)7-8-20(14)21(16-3-5-18(23)6-4-16)13-22(26-27)17-9-10-25-15(2)12-17/h3-12,21,27H,13H2,1-2H3/p+1/b26-22+. The number of hydrogen-bond donors (Lipinski definition) is 1. The molecule has 1 atom stereocenters. The van der Waals surface area contributed by atoms with Gasteiger partial charge in [-0.25, -0.2) is 4.98 Å². The monoisotopic (exact) mass is 443 g/mol. The van der Waals surface area contributed by atoms with Crippen LogP contribution in [0.15, 0.2) is 70.4 Å². The first kappa shape index (κ1) is 19.6. The summed E-state index contributed by atoms with van der Waals surface area (Å²) in [6.07, 6.45) is 2.43. The van der Waals surface area contributed by atoms with Gasteiger partial charge in [0.15, 0.2) is 11.9 Å². The molecule has 138 valence electrons. The third-order valence-corrected chi connectivity index (χ3v) is 5.44. The Kier molecular flexibility index (Phi) is 6.30. The maximum absolute atomic E-state index is 9.72. The van der Waals surface area contributed by atoms with Crippen molar-refractivity contribution in [2.75, 3.05) is 0 Å². The Hall–Kier alpha value is -2.17. The van der Waals surface area contributed by atoms with Crippen LogP contribution in [0.2, 0.25) is 5.02 Å². The zero-order chi connectivity index (χ0) is 19.4. The van der Waals surface area contributed by atoms with Gasteiger partial charge in [-0.1, -0.05) is 50.9 Å². The van der Waals surface area contributed by atoms with E-state index in [2.05, 4.69) is 51.2 Å². The van der Waals surface area contributed by atoms with Gasteiger partial charge >= 0.3 is 0 Å². The Morgan fingerprint density at radius 2 is 1.85 bits per heavy atom. The van der Waals surface area contributed by atoms with Crippen LogP contribution >= 0.6 is 27.5 Å². The van der Waals surface area contributed by atoms with E-state index < -0.39 is 0 Å². The van der Waals surface area contributed by atoms with Gasteiger partial charge in [0, 0.05) is 46.5 Å². The molecule has 0 aliphatic rings. The molecule has 2 N–H and O–H groups in total. The molecular formula is C22H21BrClN2O+. The fraction of sp³-hybridized carbons (Fsp3) is 0.182. The minimum Gasteiger partial charge on any atom is -0.411 e. The largest absolute Gasteiger partial charge is 0.411 e. The van der Waals surface area contributed by atoms with Crippen molar-refractivity contribution >= 4 is 33.2 Å². The van der Waals surface area contributed by atoms with Crippen LogP contribution in [-0.2, 0) is 0 Å². The van der Waals surface area contributed by atoms with Crippen molar-refractivity contribution in [2.24, 2.45) is 5.16 Å². The summed E-state index contributed by atoms with van der Waals surface area (Å²) in [5, 5.41) is 14.1. The van der Waals surface area contributed by atoms with Crippen LogP contribution in [0, 0.1) is 13.8 Å². The van der Waals surface area contributed by atoms with Gasteiger partial charge < -0.3 is 5.21 Å². The molecule has 0 saturated carbocycles. The van der Waals surface area contributed by atoms with E-state index in [4.69, 9.17) is 11.6 Å². The highest BCUT2D eigenvalue weighted by atomic mass is 79.9. The Morgan fingerprint density at radius 3 is 2.48 bits per heavy atom. The van der Waals surface area contributed by atoms with Crippen molar-refractivity contribution < 1.29 is 10.2 Å². The number of oxime groups is 1. The third-order valence-electron chi connectivity index (χ3n) is 4.68. The summed E-state index contributed by atoms with van der Waals surface area (Å²) in [6.45, 7) is 4.04. The first-order chi connectivity index (χ1) is 13.0. The highest BCUT2D eigenvalue weighted by Crippen LogP contribution is 2.33. The third kappa shape index (κ3) is 4.76. The molecule has 2 aromatic carbocycles. The summed E-state index contributed by atoms with van der Waals surface area (Å²) in [5.74, 6) is 0.0470. The summed E-state index contributed by atoms with van der Waals surface area (Å²) in [5.41, 5.74) is 6.00. The number of nitrogens with one attached hydrogen (secondary N) is 1. The molecule has 0 saturated heterocycles. The second-order valence-corrected chi connectivity index (χ2v) is 7.97. The van der Waals surface area contributed by atoms with E-state index in [1.165, 1.54) is 5.56 Å². The predicted molar refractivity (Wildman–Crippen MR) is 113 cm³/mol. The van der Waals surface area contributed by atoms with E-state index in [1.54, 1.807) is 0 Å². The molecule has 5 heteroatoms. The summed E-state index contributed by atoms with van der Waals surface area (Å²) in [4.78, 5) is 3.13. The number of aromatic nitrogens is 1. The van der Waals surface area contributed by atoms with Gasteiger partial charge in [0.1, 0.15) is 0 Å².